The predicted octanol–water partition coefficient (Wildman–Crippen LogP) is 1.99. The minimum Gasteiger partial charge on any atom is -0.444 e. The Morgan fingerprint density at radius 2 is 1.79 bits per heavy atom. The third-order valence-corrected chi connectivity index (χ3v) is 3.66. The summed E-state index contributed by atoms with van der Waals surface area (Å²) in [4.78, 5) is 25.9. The van der Waals surface area contributed by atoms with Gasteiger partial charge >= 0.3 is 12.1 Å². The van der Waals surface area contributed by atoms with Crippen molar-refractivity contribution in [1.82, 2.24) is 5.32 Å². The molecule has 1 aromatic rings. The molecule has 8 nitrogen and oxygen atoms in total. The van der Waals surface area contributed by atoms with Crippen LogP contribution in [0.5, 0.6) is 5.75 Å². The minimum absolute atomic E-state index is 0.0351. The van der Waals surface area contributed by atoms with Crippen LogP contribution in [-0.2, 0) is 9.53 Å². The number of ether oxygens (including phenoxy) is 2. The highest BCUT2D eigenvalue weighted by Crippen LogP contribution is 2.30. The summed E-state index contributed by atoms with van der Waals surface area (Å²) in [5.41, 5.74) is 0.887. The molecular weight excluding hydrogens is 364 g/mol. The molecule has 1 atom stereocenters. The number of anilines is 1. The number of nitrogens with one attached hydrogen (secondary N) is 1. The molecule has 0 saturated heterocycles. The van der Waals surface area contributed by atoms with Crippen LogP contribution < -0.4 is 15.0 Å². The predicted molar refractivity (Wildman–Crippen MR) is 107 cm³/mol. The summed E-state index contributed by atoms with van der Waals surface area (Å²) in [6, 6.07) is 4.90. The molecule has 0 spiro atoms. The molecule has 3 N–H and O–H groups in total. The molecule has 0 heterocycles. The first-order valence-electron chi connectivity index (χ1n) is 9.33. The summed E-state index contributed by atoms with van der Waals surface area (Å²) >= 11 is 0. The fraction of sp³-hybridized carbons (Fsp3) is 0.600. The number of aliphatic hydroxyl groups excluding tert-OH is 2. The number of nitrogens with zero attached hydrogens (tertiary/aromatic N) is 1. The third-order valence-electron chi connectivity index (χ3n) is 3.66. The Kier molecular flexibility index (Phi) is 9.21. The summed E-state index contributed by atoms with van der Waals surface area (Å²) in [5.74, 6) is -0.167. The van der Waals surface area contributed by atoms with Crippen molar-refractivity contribution in [2.24, 2.45) is 0 Å². The highest BCUT2D eigenvalue weighted by atomic mass is 16.6. The molecule has 28 heavy (non-hydrogen) atoms. The summed E-state index contributed by atoms with van der Waals surface area (Å²) < 4.78 is 10.7. The van der Waals surface area contributed by atoms with Crippen molar-refractivity contribution in [1.29, 1.82) is 0 Å². The second kappa shape index (κ2) is 10.9. The van der Waals surface area contributed by atoms with Gasteiger partial charge in [0.05, 0.1) is 25.3 Å². The Hall–Kier alpha value is -2.32. The molecule has 0 aliphatic heterocycles. The lowest BCUT2D eigenvalue weighted by atomic mass is 10.2. The van der Waals surface area contributed by atoms with Crippen LogP contribution in [0.4, 0.5) is 10.5 Å². The van der Waals surface area contributed by atoms with E-state index in [-0.39, 0.29) is 19.6 Å². The van der Waals surface area contributed by atoms with E-state index in [1.807, 2.05) is 13.0 Å². The summed E-state index contributed by atoms with van der Waals surface area (Å²) in [5, 5.41) is 21.1. The fourth-order valence-electron chi connectivity index (χ4n) is 2.53. The van der Waals surface area contributed by atoms with Gasteiger partial charge in [-0.15, -0.1) is 0 Å². The smallest absolute Gasteiger partial charge is 0.407 e. The summed E-state index contributed by atoms with van der Waals surface area (Å²) in [6.07, 6.45) is -0.631. The average molecular weight is 396 g/mol. The van der Waals surface area contributed by atoms with Gasteiger partial charge in [0.1, 0.15) is 5.60 Å². The molecule has 1 aromatic carbocycles. The van der Waals surface area contributed by atoms with Gasteiger partial charge in [-0.3, -0.25) is 4.79 Å². The van der Waals surface area contributed by atoms with Gasteiger partial charge in [0.15, 0.2) is 5.75 Å². The molecule has 0 saturated carbocycles. The van der Waals surface area contributed by atoms with E-state index in [1.165, 1.54) is 0 Å². The number of alkyl carbamates (subject to hydrolysis) is 1. The van der Waals surface area contributed by atoms with Gasteiger partial charge in [0.25, 0.3) is 0 Å². The number of hydrogen-bond donors (Lipinski definition) is 3. The van der Waals surface area contributed by atoms with Crippen molar-refractivity contribution >= 4 is 17.7 Å². The van der Waals surface area contributed by atoms with Crippen LogP contribution >= 0.6 is 0 Å². The van der Waals surface area contributed by atoms with Crippen molar-refractivity contribution in [2.75, 3.05) is 31.2 Å². The molecular formula is C20H32N2O6. The van der Waals surface area contributed by atoms with Crippen molar-refractivity contribution in [3.8, 4) is 5.75 Å². The number of amides is 1. The van der Waals surface area contributed by atoms with Crippen molar-refractivity contribution < 1.29 is 29.3 Å². The maximum atomic E-state index is 12.4. The SMILES string of the molecule is Cc1ccc(N(CCO)CCO)c(OC(=O)CC(C)NC(=O)OC(C)(C)C)c1. The first-order valence-corrected chi connectivity index (χ1v) is 9.33. The molecule has 0 fully saturated rings. The lowest BCUT2D eigenvalue weighted by Gasteiger charge is -2.25. The van der Waals surface area contributed by atoms with Gasteiger partial charge in [-0.25, -0.2) is 4.79 Å². The van der Waals surface area contributed by atoms with E-state index in [0.29, 0.717) is 24.5 Å². The largest absolute Gasteiger partial charge is 0.444 e. The Labute approximate surface area is 166 Å². The van der Waals surface area contributed by atoms with Crippen LogP contribution in [0.1, 0.15) is 39.7 Å². The molecule has 158 valence electrons. The normalized spacial score (nSPS) is 12.2. The molecule has 8 heteroatoms. The van der Waals surface area contributed by atoms with Crippen LogP contribution in [0.25, 0.3) is 0 Å². The quantitative estimate of drug-likeness (QED) is 0.433. The third kappa shape index (κ3) is 8.58. The number of benzene rings is 1. The summed E-state index contributed by atoms with van der Waals surface area (Å²) in [7, 11) is 0. The Bertz CT molecular complexity index is 651. The Morgan fingerprint density at radius 3 is 2.32 bits per heavy atom. The molecule has 0 aliphatic rings. The van der Waals surface area contributed by atoms with Crippen molar-refractivity contribution in [3.05, 3.63) is 23.8 Å². The first kappa shape index (κ1) is 23.7. The van der Waals surface area contributed by atoms with Gasteiger partial charge in [-0.05, 0) is 52.3 Å². The van der Waals surface area contributed by atoms with E-state index in [0.717, 1.165) is 5.56 Å². The zero-order valence-electron chi connectivity index (χ0n) is 17.3. The van der Waals surface area contributed by atoms with E-state index in [9.17, 15) is 19.8 Å². The minimum atomic E-state index is -0.621. The van der Waals surface area contributed by atoms with Gasteiger partial charge in [0.2, 0.25) is 0 Å². The number of rotatable bonds is 9. The van der Waals surface area contributed by atoms with Crippen LogP contribution in [0, 0.1) is 6.92 Å². The molecule has 0 aromatic heterocycles. The van der Waals surface area contributed by atoms with Gasteiger partial charge in [0, 0.05) is 19.1 Å². The lowest BCUT2D eigenvalue weighted by molar-refractivity contribution is -0.134. The Morgan fingerprint density at radius 1 is 1.18 bits per heavy atom. The second-order valence-corrected chi connectivity index (χ2v) is 7.63. The monoisotopic (exact) mass is 396 g/mol. The molecule has 0 aliphatic carbocycles. The zero-order valence-corrected chi connectivity index (χ0v) is 17.3. The maximum absolute atomic E-state index is 12.4. The highest BCUT2D eigenvalue weighted by Gasteiger charge is 2.21. The van der Waals surface area contributed by atoms with E-state index < -0.39 is 23.7 Å². The van der Waals surface area contributed by atoms with Crippen LogP contribution in [0.15, 0.2) is 18.2 Å². The van der Waals surface area contributed by atoms with Crippen molar-refractivity contribution in [3.63, 3.8) is 0 Å². The fourth-order valence-corrected chi connectivity index (χ4v) is 2.53. The zero-order chi connectivity index (χ0) is 21.3. The van der Waals surface area contributed by atoms with E-state index in [2.05, 4.69) is 5.32 Å². The number of aliphatic hydroxyl groups is 2. The van der Waals surface area contributed by atoms with Crippen LogP contribution in [0.3, 0.4) is 0 Å². The van der Waals surface area contributed by atoms with Gasteiger partial charge in [-0.2, -0.15) is 0 Å². The average Bonchev–Trinajstić information content (AvgIpc) is 2.52. The van der Waals surface area contributed by atoms with E-state index >= 15 is 0 Å². The number of esters is 1. The van der Waals surface area contributed by atoms with Crippen molar-refractivity contribution in [2.45, 2.75) is 52.7 Å². The molecule has 1 unspecified atom stereocenters. The molecule has 0 radical (unpaired) electrons. The Balaban J connectivity index is 2.79. The maximum Gasteiger partial charge on any atom is 0.407 e. The van der Waals surface area contributed by atoms with E-state index in [4.69, 9.17) is 9.47 Å². The van der Waals surface area contributed by atoms with Gasteiger partial charge < -0.3 is 29.9 Å². The van der Waals surface area contributed by atoms with Gasteiger partial charge in [-0.1, -0.05) is 6.07 Å². The molecule has 1 amide bonds. The topological polar surface area (TPSA) is 108 Å². The number of carbonyl (C=O) groups is 2. The first-order chi connectivity index (χ1) is 13.1. The number of aryl methyl sites for hydroxylation is 1. The van der Waals surface area contributed by atoms with Crippen LogP contribution in [0.2, 0.25) is 0 Å². The number of carbonyl (C=O) groups excluding carboxylic acids is 2. The second-order valence-electron chi connectivity index (χ2n) is 7.63. The number of hydrogen-bond acceptors (Lipinski definition) is 7. The van der Waals surface area contributed by atoms with E-state index in [1.54, 1.807) is 44.7 Å². The molecule has 1 rings (SSSR count). The summed E-state index contributed by atoms with van der Waals surface area (Å²) in [6.45, 7) is 9.23. The molecule has 0 bridgehead atoms. The highest BCUT2D eigenvalue weighted by molar-refractivity contribution is 5.77. The van der Waals surface area contributed by atoms with Crippen LogP contribution in [-0.4, -0.2) is 60.2 Å². The standard InChI is InChI=1S/C20H32N2O6/c1-14-6-7-16(22(8-10-23)9-11-24)17(12-14)27-18(25)13-15(2)21-19(26)28-20(3,4)5/h6-7,12,15,23-24H,8-11,13H2,1-5H3,(H,21,26). The lowest BCUT2D eigenvalue weighted by Crippen LogP contribution is -2.39.